The maximum Gasteiger partial charge on any atom is 0.264 e. The Morgan fingerprint density at radius 2 is 1.59 bits per heavy atom. The van der Waals surface area contributed by atoms with Crippen LogP contribution in [-0.2, 0) is 26.2 Å². The minimum Gasteiger partial charge on any atom is -0.352 e. The van der Waals surface area contributed by atoms with Crippen LogP contribution in [0.15, 0.2) is 77.7 Å². The Morgan fingerprint density at radius 3 is 2.18 bits per heavy atom. The summed E-state index contributed by atoms with van der Waals surface area (Å²) in [5.74, 6) is -1.56. The molecule has 2 atom stereocenters. The number of anilines is 1. The first-order chi connectivity index (χ1) is 18.4. The van der Waals surface area contributed by atoms with Gasteiger partial charge < -0.3 is 10.2 Å². The van der Waals surface area contributed by atoms with E-state index in [9.17, 15) is 22.4 Å². The first kappa shape index (κ1) is 30.1. The van der Waals surface area contributed by atoms with Crippen molar-refractivity contribution in [1.29, 1.82) is 0 Å². The summed E-state index contributed by atoms with van der Waals surface area (Å²) in [4.78, 5) is 28.1. The zero-order chi connectivity index (χ0) is 28.7. The SMILES string of the molecule is CC[C@H](C)NC(=O)[C@H](C)N(Cc1ccccc1Cl)C(=O)CN(c1ccc(C)cc1)S(=O)(=O)c1ccc(F)cc1. The predicted octanol–water partition coefficient (Wildman–Crippen LogP) is 5.31. The number of hydrogen-bond acceptors (Lipinski definition) is 4. The number of aryl methyl sites for hydroxylation is 1. The Labute approximate surface area is 234 Å². The molecule has 0 saturated heterocycles. The van der Waals surface area contributed by atoms with Gasteiger partial charge in [-0.2, -0.15) is 0 Å². The van der Waals surface area contributed by atoms with Crippen LogP contribution in [0.5, 0.6) is 0 Å². The lowest BCUT2D eigenvalue weighted by Crippen LogP contribution is -2.52. The Kier molecular flexibility index (Phi) is 10.1. The molecule has 3 rings (SSSR count). The summed E-state index contributed by atoms with van der Waals surface area (Å²) < 4.78 is 42.0. The van der Waals surface area contributed by atoms with Crippen LogP contribution in [0.2, 0.25) is 5.02 Å². The fourth-order valence-corrected chi connectivity index (χ4v) is 5.44. The standard InChI is InChI=1S/C29H33ClFN3O4S/c1-5-21(3)32-29(36)22(4)33(18-23-8-6-7-9-27(23)30)28(35)19-34(25-14-10-20(2)11-15-25)39(37,38)26-16-12-24(31)13-17-26/h6-17,21-22H,5,18-19H2,1-4H3,(H,32,36)/t21-,22-/m0/s1. The van der Waals surface area contributed by atoms with E-state index in [1.165, 1.54) is 4.90 Å². The molecule has 1 N–H and O–H groups in total. The lowest BCUT2D eigenvalue weighted by Gasteiger charge is -2.32. The van der Waals surface area contributed by atoms with Crippen LogP contribution in [0.3, 0.4) is 0 Å². The summed E-state index contributed by atoms with van der Waals surface area (Å²) in [6.45, 7) is 6.65. The number of nitrogens with one attached hydrogen (secondary N) is 1. The van der Waals surface area contributed by atoms with Crippen molar-refractivity contribution in [3.05, 3.63) is 94.8 Å². The summed E-state index contributed by atoms with van der Waals surface area (Å²) in [5, 5.41) is 3.30. The number of amides is 2. The number of sulfonamides is 1. The molecule has 10 heteroatoms. The smallest absolute Gasteiger partial charge is 0.264 e. The summed E-state index contributed by atoms with van der Waals surface area (Å²) in [6, 6.07) is 17.0. The second-order valence-corrected chi connectivity index (χ2v) is 11.7. The molecule has 0 spiro atoms. The molecule has 0 heterocycles. The molecule has 3 aromatic rings. The van der Waals surface area contributed by atoms with Crippen LogP contribution in [-0.4, -0.2) is 43.8 Å². The van der Waals surface area contributed by atoms with Gasteiger partial charge in [-0.15, -0.1) is 0 Å². The first-order valence-corrected chi connectivity index (χ1v) is 14.4. The van der Waals surface area contributed by atoms with Crippen LogP contribution < -0.4 is 9.62 Å². The number of hydrogen-bond donors (Lipinski definition) is 1. The van der Waals surface area contributed by atoms with E-state index in [-0.39, 0.29) is 29.1 Å². The molecule has 2 amide bonds. The van der Waals surface area contributed by atoms with E-state index in [0.717, 1.165) is 34.1 Å². The molecule has 0 aliphatic heterocycles. The minimum absolute atomic E-state index is 0.00800. The second kappa shape index (κ2) is 13.1. The molecular formula is C29H33ClFN3O4S. The lowest BCUT2D eigenvalue weighted by molar-refractivity contribution is -0.139. The Hall–Kier alpha value is -3.43. The van der Waals surface area contributed by atoms with Crippen LogP contribution in [0, 0.1) is 12.7 Å². The zero-order valence-electron chi connectivity index (χ0n) is 22.4. The Balaban J connectivity index is 2.03. The van der Waals surface area contributed by atoms with Gasteiger partial charge in [0.25, 0.3) is 10.0 Å². The van der Waals surface area contributed by atoms with Crippen LogP contribution in [0.1, 0.15) is 38.3 Å². The van der Waals surface area contributed by atoms with Crippen molar-refractivity contribution in [2.75, 3.05) is 10.8 Å². The maximum atomic E-state index is 13.9. The van der Waals surface area contributed by atoms with Crippen molar-refractivity contribution in [2.45, 2.75) is 57.6 Å². The summed E-state index contributed by atoms with van der Waals surface area (Å²) in [5.41, 5.74) is 1.77. The van der Waals surface area contributed by atoms with E-state index in [2.05, 4.69) is 5.32 Å². The number of halogens is 2. The minimum atomic E-state index is -4.27. The Morgan fingerprint density at radius 1 is 0.974 bits per heavy atom. The highest BCUT2D eigenvalue weighted by Crippen LogP contribution is 2.26. The normalized spacial score (nSPS) is 12.9. The molecule has 39 heavy (non-hydrogen) atoms. The molecule has 7 nitrogen and oxygen atoms in total. The second-order valence-electron chi connectivity index (χ2n) is 9.41. The molecule has 208 valence electrons. The van der Waals surface area contributed by atoms with Gasteiger partial charge in [-0.05, 0) is 75.2 Å². The van der Waals surface area contributed by atoms with Gasteiger partial charge in [0.1, 0.15) is 18.4 Å². The predicted molar refractivity (Wildman–Crippen MR) is 151 cm³/mol. The maximum absolute atomic E-state index is 13.9. The largest absolute Gasteiger partial charge is 0.352 e. The van der Waals surface area contributed by atoms with Gasteiger partial charge in [-0.25, -0.2) is 12.8 Å². The van der Waals surface area contributed by atoms with Gasteiger partial charge in [0.15, 0.2) is 0 Å². The van der Waals surface area contributed by atoms with Crippen molar-refractivity contribution in [2.24, 2.45) is 0 Å². The quantitative estimate of drug-likeness (QED) is 0.337. The molecule has 0 aliphatic carbocycles. The fourth-order valence-electron chi connectivity index (χ4n) is 3.83. The van der Waals surface area contributed by atoms with Crippen LogP contribution in [0.4, 0.5) is 10.1 Å². The number of benzene rings is 3. The summed E-state index contributed by atoms with van der Waals surface area (Å²) >= 11 is 6.37. The van der Waals surface area contributed by atoms with Gasteiger partial charge in [0, 0.05) is 17.6 Å². The number of carbonyl (C=O) groups is 2. The van der Waals surface area contributed by atoms with Crippen molar-refractivity contribution in [1.82, 2.24) is 10.2 Å². The zero-order valence-corrected chi connectivity index (χ0v) is 24.0. The average Bonchev–Trinajstić information content (AvgIpc) is 2.91. The highest BCUT2D eigenvalue weighted by atomic mass is 35.5. The van der Waals surface area contributed by atoms with Crippen molar-refractivity contribution < 1.29 is 22.4 Å². The molecule has 0 fully saturated rings. The molecule has 0 radical (unpaired) electrons. The molecule has 3 aromatic carbocycles. The third kappa shape index (κ3) is 7.58. The van der Waals surface area contributed by atoms with Crippen molar-refractivity contribution >= 4 is 39.1 Å². The van der Waals surface area contributed by atoms with Crippen molar-refractivity contribution in [3.8, 4) is 0 Å². The van der Waals surface area contributed by atoms with Crippen LogP contribution in [0.25, 0.3) is 0 Å². The lowest BCUT2D eigenvalue weighted by atomic mass is 10.1. The molecule has 0 aromatic heterocycles. The van der Waals surface area contributed by atoms with E-state index in [0.29, 0.717) is 17.0 Å². The van der Waals surface area contributed by atoms with Gasteiger partial charge in [-0.3, -0.25) is 13.9 Å². The average molecular weight is 574 g/mol. The number of carbonyl (C=O) groups excluding carboxylic acids is 2. The number of nitrogens with zero attached hydrogens (tertiary/aromatic N) is 2. The third-order valence-electron chi connectivity index (χ3n) is 6.47. The van der Waals surface area contributed by atoms with E-state index < -0.39 is 34.3 Å². The number of rotatable bonds is 11. The summed E-state index contributed by atoms with van der Waals surface area (Å²) in [7, 11) is -4.27. The molecule has 0 aliphatic rings. The molecular weight excluding hydrogens is 541 g/mol. The van der Waals surface area contributed by atoms with Gasteiger partial charge >= 0.3 is 0 Å². The summed E-state index contributed by atoms with van der Waals surface area (Å²) in [6.07, 6.45) is 0.702. The van der Waals surface area contributed by atoms with Gasteiger partial charge in [0.05, 0.1) is 10.6 Å². The molecule has 0 unspecified atom stereocenters. The molecule has 0 saturated carbocycles. The van der Waals surface area contributed by atoms with Crippen molar-refractivity contribution in [3.63, 3.8) is 0 Å². The van der Waals surface area contributed by atoms with Gasteiger partial charge in [0.2, 0.25) is 11.8 Å². The van der Waals surface area contributed by atoms with Crippen LogP contribution >= 0.6 is 11.6 Å². The van der Waals surface area contributed by atoms with E-state index >= 15 is 0 Å². The van der Waals surface area contributed by atoms with E-state index in [1.807, 2.05) is 20.8 Å². The monoisotopic (exact) mass is 573 g/mol. The highest BCUT2D eigenvalue weighted by Gasteiger charge is 2.33. The first-order valence-electron chi connectivity index (χ1n) is 12.6. The van der Waals surface area contributed by atoms with Gasteiger partial charge in [-0.1, -0.05) is 54.4 Å². The molecule has 0 bridgehead atoms. The Bertz CT molecular complexity index is 1400. The van der Waals surface area contributed by atoms with E-state index in [1.54, 1.807) is 55.5 Å². The highest BCUT2D eigenvalue weighted by molar-refractivity contribution is 7.92. The van der Waals surface area contributed by atoms with E-state index in [4.69, 9.17) is 11.6 Å². The fraction of sp³-hybridized carbons (Fsp3) is 0.310. The topological polar surface area (TPSA) is 86.8 Å². The third-order valence-corrected chi connectivity index (χ3v) is 8.63.